The number of carboxylic acids is 1. The number of ether oxygens (including phenoxy) is 2. The molecule has 3 rings (SSSR count). The van der Waals surface area contributed by atoms with E-state index in [0.29, 0.717) is 6.42 Å². The standard InChI is InChI=1S/C25H30N2O7/c1-3-8-16(13-23(28)27-34-22(15-32-2)24(29)30)26-25(31)33-14-21-19-11-6-4-9-17(19)18-10-5-7-12-20(18)21/h4-7,9-12,16,21-22H,3,8,13-15H2,1-2H3,(H,26,31)(H,27,28)(H,29,30)/t16-,22?/m0/s1. The van der Waals surface area contributed by atoms with Gasteiger partial charge in [0.05, 0.1) is 6.61 Å². The van der Waals surface area contributed by atoms with Crippen LogP contribution < -0.4 is 10.8 Å². The molecule has 9 nitrogen and oxygen atoms in total. The molecule has 3 N–H and O–H groups in total. The second-order valence-corrected chi connectivity index (χ2v) is 8.08. The van der Waals surface area contributed by atoms with Crippen molar-refractivity contribution >= 4 is 18.0 Å². The number of carboxylic acid groups (broad SMARTS) is 1. The van der Waals surface area contributed by atoms with E-state index in [1.54, 1.807) is 0 Å². The van der Waals surface area contributed by atoms with E-state index in [4.69, 9.17) is 19.4 Å². The molecule has 0 saturated heterocycles. The summed E-state index contributed by atoms with van der Waals surface area (Å²) in [5.41, 5.74) is 6.62. The van der Waals surface area contributed by atoms with Gasteiger partial charge in [0.2, 0.25) is 12.0 Å². The summed E-state index contributed by atoms with van der Waals surface area (Å²) in [6.07, 6.45) is -0.760. The molecule has 2 atom stereocenters. The van der Waals surface area contributed by atoms with E-state index in [2.05, 4.69) is 22.9 Å². The Bertz CT molecular complexity index is 965. The summed E-state index contributed by atoms with van der Waals surface area (Å²) in [4.78, 5) is 40.7. The van der Waals surface area contributed by atoms with Gasteiger partial charge in [0, 0.05) is 25.5 Å². The Balaban J connectivity index is 1.54. The highest BCUT2D eigenvalue weighted by Crippen LogP contribution is 2.44. The molecule has 0 saturated carbocycles. The predicted octanol–water partition coefficient (Wildman–Crippen LogP) is 3.23. The fraction of sp³-hybridized carbons (Fsp3) is 0.400. The molecule has 0 radical (unpaired) electrons. The highest BCUT2D eigenvalue weighted by atomic mass is 16.7. The quantitative estimate of drug-likeness (QED) is 0.407. The molecule has 0 aliphatic heterocycles. The lowest BCUT2D eigenvalue weighted by Crippen LogP contribution is -2.42. The summed E-state index contributed by atoms with van der Waals surface area (Å²) in [6.45, 7) is 1.89. The number of nitrogens with one attached hydrogen (secondary N) is 2. The van der Waals surface area contributed by atoms with Crippen LogP contribution in [0.15, 0.2) is 48.5 Å². The van der Waals surface area contributed by atoms with Gasteiger partial charge in [0.25, 0.3) is 0 Å². The van der Waals surface area contributed by atoms with Crippen LogP contribution in [0.4, 0.5) is 4.79 Å². The summed E-state index contributed by atoms with van der Waals surface area (Å²) in [5, 5.41) is 11.8. The van der Waals surface area contributed by atoms with Crippen LogP contribution in [0.25, 0.3) is 11.1 Å². The van der Waals surface area contributed by atoms with Crippen LogP contribution >= 0.6 is 0 Å². The third-order valence-corrected chi connectivity index (χ3v) is 5.64. The Morgan fingerprint density at radius 3 is 2.21 bits per heavy atom. The Hall–Kier alpha value is -3.43. The molecule has 34 heavy (non-hydrogen) atoms. The second kappa shape index (κ2) is 12.2. The molecular formula is C25H30N2O7. The molecule has 2 amide bonds. The van der Waals surface area contributed by atoms with Crippen molar-refractivity contribution in [2.24, 2.45) is 0 Å². The van der Waals surface area contributed by atoms with E-state index >= 15 is 0 Å². The van der Waals surface area contributed by atoms with Crippen LogP contribution in [0.5, 0.6) is 0 Å². The number of aliphatic carboxylic acids is 1. The number of methoxy groups -OCH3 is 1. The lowest BCUT2D eigenvalue weighted by atomic mass is 9.98. The monoisotopic (exact) mass is 470 g/mol. The van der Waals surface area contributed by atoms with Crippen LogP contribution in [0.2, 0.25) is 0 Å². The van der Waals surface area contributed by atoms with Crippen LogP contribution in [0, 0.1) is 0 Å². The van der Waals surface area contributed by atoms with Crippen molar-refractivity contribution in [1.82, 2.24) is 10.8 Å². The number of rotatable bonds is 12. The number of benzene rings is 2. The van der Waals surface area contributed by atoms with Crippen LogP contribution in [0.3, 0.4) is 0 Å². The molecule has 1 unspecified atom stereocenters. The Labute approximate surface area is 198 Å². The zero-order valence-corrected chi connectivity index (χ0v) is 19.3. The van der Waals surface area contributed by atoms with Crippen molar-refractivity contribution in [3.05, 3.63) is 59.7 Å². The first-order chi connectivity index (χ1) is 16.4. The minimum absolute atomic E-state index is 0.0618. The van der Waals surface area contributed by atoms with Gasteiger partial charge in [-0.2, -0.15) is 0 Å². The number of alkyl carbamates (subject to hydrolysis) is 1. The van der Waals surface area contributed by atoms with Gasteiger partial charge in [-0.05, 0) is 28.7 Å². The number of hydrogen-bond donors (Lipinski definition) is 3. The van der Waals surface area contributed by atoms with Crippen molar-refractivity contribution in [3.8, 4) is 11.1 Å². The van der Waals surface area contributed by atoms with Gasteiger partial charge in [0.15, 0.2) is 0 Å². The number of amides is 2. The third-order valence-electron chi connectivity index (χ3n) is 5.64. The van der Waals surface area contributed by atoms with Gasteiger partial charge in [0.1, 0.15) is 6.61 Å². The van der Waals surface area contributed by atoms with Crippen molar-refractivity contribution in [3.63, 3.8) is 0 Å². The molecule has 2 aromatic carbocycles. The van der Waals surface area contributed by atoms with Gasteiger partial charge in [-0.1, -0.05) is 61.9 Å². The average Bonchev–Trinajstić information content (AvgIpc) is 3.14. The van der Waals surface area contributed by atoms with Gasteiger partial charge >= 0.3 is 12.1 Å². The van der Waals surface area contributed by atoms with E-state index in [0.717, 1.165) is 28.7 Å². The minimum Gasteiger partial charge on any atom is -0.479 e. The molecule has 0 spiro atoms. The van der Waals surface area contributed by atoms with E-state index < -0.39 is 30.1 Å². The first-order valence-corrected chi connectivity index (χ1v) is 11.2. The van der Waals surface area contributed by atoms with Crippen molar-refractivity contribution in [2.45, 2.75) is 44.2 Å². The van der Waals surface area contributed by atoms with Gasteiger partial charge in [-0.15, -0.1) is 0 Å². The summed E-state index contributed by atoms with van der Waals surface area (Å²) in [6, 6.07) is 15.6. The van der Waals surface area contributed by atoms with Gasteiger partial charge in [-0.3, -0.25) is 9.63 Å². The Morgan fingerprint density at radius 1 is 1.03 bits per heavy atom. The first-order valence-electron chi connectivity index (χ1n) is 11.2. The molecule has 1 aliphatic rings. The van der Waals surface area contributed by atoms with E-state index in [1.807, 2.05) is 43.3 Å². The van der Waals surface area contributed by atoms with Crippen molar-refractivity contribution in [1.29, 1.82) is 0 Å². The highest BCUT2D eigenvalue weighted by molar-refractivity contribution is 5.79. The SMILES string of the molecule is CCC[C@@H](CC(=O)NOC(COC)C(=O)O)NC(=O)OCC1c2ccccc2-c2ccccc21. The fourth-order valence-corrected chi connectivity index (χ4v) is 4.09. The lowest BCUT2D eigenvalue weighted by Gasteiger charge is -2.20. The predicted molar refractivity (Wildman–Crippen MR) is 124 cm³/mol. The van der Waals surface area contributed by atoms with Crippen LogP contribution in [0.1, 0.15) is 43.2 Å². The average molecular weight is 471 g/mol. The first kappa shape index (κ1) is 25.2. The molecular weight excluding hydrogens is 440 g/mol. The molecule has 0 heterocycles. The molecule has 0 fully saturated rings. The highest BCUT2D eigenvalue weighted by Gasteiger charge is 2.29. The maximum Gasteiger partial charge on any atom is 0.407 e. The zero-order chi connectivity index (χ0) is 24.5. The summed E-state index contributed by atoms with van der Waals surface area (Å²) in [5.74, 6) is -1.88. The van der Waals surface area contributed by atoms with E-state index in [1.165, 1.54) is 7.11 Å². The smallest absolute Gasteiger partial charge is 0.407 e. The Morgan fingerprint density at radius 2 is 1.65 bits per heavy atom. The summed E-state index contributed by atoms with van der Waals surface area (Å²) >= 11 is 0. The van der Waals surface area contributed by atoms with Crippen molar-refractivity contribution < 1.29 is 33.8 Å². The maximum absolute atomic E-state index is 12.5. The molecule has 1 aliphatic carbocycles. The van der Waals surface area contributed by atoms with Crippen LogP contribution in [-0.2, 0) is 23.9 Å². The number of hydroxylamine groups is 1. The fourth-order valence-electron chi connectivity index (χ4n) is 4.09. The second-order valence-electron chi connectivity index (χ2n) is 8.08. The minimum atomic E-state index is -1.33. The van der Waals surface area contributed by atoms with Crippen LogP contribution in [-0.4, -0.2) is 55.5 Å². The molecule has 2 aromatic rings. The van der Waals surface area contributed by atoms with Gasteiger partial charge in [-0.25, -0.2) is 15.1 Å². The Kier molecular flexibility index (Phi) is 9.00. The molecule has 0 bridgehead atoms. The van der Waals surface area contributed by atoms with E-state index in [-0.39, 0.29) is 25.6 Å². The zero-order valence-electron chi connectivity index (χ0n) is 19.3. The number of carbonyl (C=O) groups excluding carboxylic acids is 2. The van der Waals surface area contributed by atoms with Crippen molar-refractivity contribution in [2.75, 3.05) is 20.3 Å². The maximum atomic E-state index is 12.5. The largest absolute Gasteiger partial charge is 0.479 e. The topological polar surface area (TPSA) is 123 Å². The number of hydrogen-bond acceptors (Lipinski definition) is 6. The van der Waals surface area contributed by atoms with E-state index in [9.17, 15) is 14.4 Å². The summed E-state index contributed by atoms with van der Waals surface area (Å²) in [7, 11) is 1.33. The van der Waals surface area contributed by atoms with Gasteiger partial charge < -0.3 is 19.9 Å². The molecule has 182 valence electrons. The molecule has 0 aromatic heterocycles. The molecule has 9 heteroatoms. The normalized spacial score (nSPS) is 13.9. The number of fused-ring (bicyclic) bond motifs is 3. The number of carbonyl (C=O) groups is 3. The summed E-state index contributed by atoms with van der Waals surface area (Å²) < 4.78 is 10.3. The third kappa shape index (κ3) is 6.33. The lowest BCUT2D eigenvalue weighted by molar-refractivity contribution is -0.165.